The third kappa shape index (κ3) is 3.00. The van der Waals surface area contributed by atoms with Gasteiger partial charge in [-0.2, -0.15) is 10.2 Å². The van der Waals surface area contributed by atoms with Crippen molar-refractivity contribution in [1.29, 1.82) is 0 Å². The van der Waals surface area contributed by atoms with Gasteiger partial charge in [0, 0.05) is 12.6 Å². The molecule has 0 bridgehead atoms. The number of aromatic nitrogens is 7. The second-order valence-corrected chi connectivity index (χ2v) is 8.24. The van der Waals surface area contributed by atoms with E-state index in [1.807, 2.05) is 25.4 Å². The molecule has 0 amide bonds. The van der Waals surface area contributed by atoms with Gasteiger partial charge in [0.25, 0.3) is 0 Å². The van der Waals surface area contributed by atoms with Gasteiger partial charge in [0.2, 0.25) is 0 Å². The molecule has 28 heavy (non-hydrogen) atoms. The molecule has 4 rings (SSSR count). The highest BCUT2D eigenvalue weighted by atomic mass is 35.5. The van der Waals surface area contributed by atoms with Crippen molar-refractivity contribution in [3.8, 4) is 21.4 Å². The Kier molecular flexibility index (Phi) is 4.93. The van der Waals surface area contributed by atoms with Gasteiger partial charge in [-0.25, -0.2) is 24.1 Å². The van der Waals surface area contributed by atoms with E-state index in [9.17, 15) is 0 Å². The number of imidazole rings is 1. The second kappa shape index (κ2) is 7.25. The molecule has 0 unspecified atom stereocenters. The zero-order valence-corrected chi connectivity index (χ0v) is 18.1. The van der Waals surface area contributed by atoms with Crippen molar-refractivity contribution in [2.24, 2.45) is 7.05 Å². The molecule has 9 heteroatoms. The maximum atomic E-state index is 6.55. The molecule has 4 heterocycles. The van der Waals surface area contributed by atoms with Crippen molar-refractivity contribution in [1.82, 2.24) is 34.3 Å². The number of aryl methyl sites for hydroxylation is 3. The fourth-order valence-electron chi connectivity index (χ4n) is 3.60. The molecule has 0 aliphatic carbocycles. The molecular formula is C19H22ClN7S. The van der Waals surface area contributed by atoms with Gasteiger partial charge in [0.15, 0.2) is 16.5 Å². The van der Waals surface area contributed by atoms with Gasteiger partial charge in [-0.05, 0) is 38.7 Å². The van der Waals surface area contributed by atoms with Crippen LogP contribution in [0.2, 0.25) is 5.15 Å². The van der Waals surface area contributed by atoms with Crippen LogP contribution in [0, 0.1) is 13.8 Å². The SMILES string of the molecule is CCC(CC)c1cc(C)nn2c(-c3sc(-c4ncnn4C)nc3Cl)c(C)nc12. The molecule has 0 aromatic carbocycles. The highest BCUT2D eigenvalue weighted by molar-refractivity contribution is 7.18. The number of fused-ring (bicyclic) bond motifs is 1. The number of thiazole rings is 1. The summed E-state index contributed by atoms with van der Waals surface area (Å²) >= 11 is 8.03. The summed E-state index contributed by atoms with van der Waals surface area (Å²) in [5, 5.41) is 10.0. The standard InChI is InChI=1S/C19H22ClN7S/c1-6-12(7-2)13-8-10(3)25-27-14(11(4)23-17(13)27)15-16(20)24-19(28-15)18-21-9-22-26(18)5/h8-9,12H,6-7H2,1-5H3. The van der Waals surface area contributed by atoms with Crippen LogP contribution in [0.25, 0.3) is 27.1 Å². The first-order chi connectivity index (χ1) is 13.4. The third-order valence-corrected chi connectivity index (χ3v) is 6.48. The summed E-state index contributed by atoms with van der Waals surface area (Å²) in [7, 11) is 1.84. The molecule has 0 spiro atoms. The van der Waals surface area contributed by atoms with Gasteiger partial charge < -0.3 is 0 Å². The van der Waals surface area contributed by atoms with Crippen molar-refractivity contribution in [3.05, 3.63) is 34.5 Å². The van der Waals surface area contributed by atoms with E-state index in [0.717, 1.165) is 45.5 Å². The lowest BCUT2D eigenvalue weighted by Crippen LogP contribution is -2.04. The number of rotatable bonds is 5. The lowest BCUT2D eigenvalue weighted by molar-refractivity contribution is 0.638. The first-order valence-corrected chi connectivity index (χ1v) is 10.5. The Morgan fingerprint density at radius 3 is 2.57 bits per heavy atom. The Hall–Kier alpha value is -2.32. The predicted octanol–water partition coefficient (Wildman–Crippen LogP) is 4.82. The van der Waals surface area contributed by atoms with Crippen LogP contribution in [0.4, 0.5) is 0 Å². The molecular weight excluding hydrogens is 394 g/mol. The van der Waals surface area contributed by atoms with E-state index in [1.165, 1.54) is 23.2 Å². The van der Waals surface area contributed by atoms with Crippen LogP contribution in [-0.4, -0.2) is 34.3 Å². The van der Waals surface area contributed by atoms with Crippen molar-refractivity contribution in [3.63, 3.8) is 0 Å². The van der Waals surface area contributed by atoms with Crippen molar-refractivity contribution in [2.75, 3.05) is 0 Å². The number of hydrogen-bond donors (Lipinski definition) is 0. The van der Waals surface area contributed by atoms with Crippen molar-refractivity contribution >= 4 is 28.6 Å². The minimum atomic E-state index is 0.431. The van der Waals surface area contributed by atoms with Crippen LogP contribution >= 0.6 is 22.9 Å². The van der Waals surface area contributed by atoms with Crippen molar-refractivity contribution in [2.45, 2.75) is 46.5 Å². The number of hydrogen-bond acceptors (Lipinski definition) is 6. The second-order valence-electron chi connectivity index (χ2n) is 6.88. The van der Waals surface area contributed by atoms with Gasteiger partial charge in [0.05, 0.1) is 16.3 Å². The predicted molar refractivity (Wildman–Crippen MR) is 112 cm³/mol. The molecule has 0 radical (unpaired) electrons. The fourth-order valence-corrected chi connectivity index (χ4v) is 5.01. The van der Waals surface area contributed by atoms with E-state index in [0.29, 0.717) is 16.9 Å². The summed E-state index contributed by atoms with van der Waals surface area (Å²) < 4.78 is 3.62. The van der Waals surface area contributed by atoms with Crippen LogP contribution in [0.1, 0.15) is 49.6 Å². The fraction of sp³-hybridized carbons (Fsp3) is 0.421. The average Bonchev–Trinajstić information content (AvgIpc) is 3.32. The minimum Gasteiger partial charge on any atom is -0.247 e. The quantitative estimate of drug-likeness (QED) is 0.467. The van der Waals surface area contributed by atoms with E-state index < -0.39 is 0 Å². The smallest absolute Gasteiger partial charge is 0.187 e. The summed E-state index contributed by atoms with van der Waals surface area (Å²) in [5.74, 6) is 1.14. The first kappa shape index (κ1) is 19.0. The molecule has 0 fully saturated rings. The molecule has 0 saturated heterocycles. The summed E-state index contributed by atoms with van der Waals surface area (Å²) in [6.45, 7) is 8.44. The number of halogens is 1. The summed E-state index contributed by atoms with van der Waals surface area (Å²) in [5.41, 5.74) is 4.88. The van der Waals surface area contributed by atoms with Crippen LogP contribution in [0.3, 0.4) is 0 Å². The van der Waals surface area contributed by atoms with E-state index in [-0.39, 0.29) is 0 Å². The molecule has 146 valence electrons. The van der Waals surface area contributed by atoms with Crippen LogP contribution < -0.4 is 0 Å². The van der Waals surface area contributed by atoms with Crippen LogP contribution in [-0.2, 0) is 7.05 Å². The van der Waals surface area contributed by atoms with Gasteiger partial charge in [0.1, 0.15) is 17.2 Å². The zero-order valence-electron chi connectivity index (χ0n) is 16.6. The molecule has 7 nitrogen and oxygen atoms in total. The molecule has 0 atom stereocenters. The minimum absolute atomic E-state index is 0.431. The Balaban J connectivity index is 1.94. The Bertz CT molecular complexity index is 1150. The Labute approximate surface area is 172 Å². The van der Waals surface area contributed by atoms with Crippen LogP contribution in [0.5, 0.6) is 0 Å². The van der Waals surface area contributed by atoms with Crippen LogP contribution in [0.15, 0.2) is 12.4 Å². The van der Waals surface area contributed by atoms with E-state index in [2.05, 4.69) is 35.0 Å². The lowest BCUT2D eigenvalue weighted by atomic mass is 9.95. The van der Waals surface area contributed by atoms with Gasteiger partial charge in [-0.15, -0.1) is 11.3 Å². The lowest BCUT2D eigenvalue weighted by Gasteiger charge is -2.14. The highest BCUT2D eigenvalue weighted by Crippen LogP contribution is 2.40. The summed E-state index contributed by atoms with van der Waals surface area (Å²) in [6, 6.07) is 2.16. The summed E-state index contributed by atoms with van der Waals surface area (Å²) in [4.78, 5) is 14.5. The largest absolute Gasteiger partial charge is 0.247 e. The Morgan fingerprint density at radius 2 is 1.93 bits per heavy atom. The molecule has 0 N–H and O–H groups in total. The monoisotopic (exact) mass is 415 g/mol. The topological polar surface area (TPSA) is 73.8 Å². The maximum absolute atomic E-state index is 6.55. The molecule has 4 aromatic heterocycles. The zero-order chi connectivity index (χ0) is 20.0. The number of nitrogens with zero attached hydrogens (tertiary/aromatic N) is 7. The highest BCUT2D eigenvalue weighted by Gasteiger charge is 2.24. The van der Waals surface area contributed by atoms with Crippen molar-refractivity contribution < 1.29 is 0 Å². The van der Waals surface area contributed by atoms with E-state index >= 15 is 0 Å². The van der Waals surface area contributed by atoms with E-state index in [4.69, 9.17) is 21.7 Å². The molecule has 0 saturated carbocycles. The molecule has 0 aliphatic rings. The van der Waals surface area contributed by atoms with Gasteiger partial charge in [-0.3, -0.25) is 0 Å². The third-order valence-electron chi connectivity index (χ3n) is 5.04. The average molecular weight is 416 g/mol. The van der Waals surface area contributed by atoms with Gasteiger partial charge in [-0.1, -0.05) is 25.4 Å². The van der Waals surface area contributed by atoms with E-state index in [1.54, 1.807) is 4.68 Å². The maximum Gasteiger partial charge on any atom is 0.187 e. The summed E-state index contributed by atoms with van der Waals surface area (Å²) in [6.07, 6.45) is 3.64. The first-order valence-electron chi connectivity index (χ1n) is 9.32. The normalized spacial score (nSPS) is 11.8. The van der Waals surface area contributed by atoms with Gasteiger partial charge >= 0.3 is 0 Å². The molecule has 0 aliphatic heterocycles. The molecule has 4 aromatic rings. The Morgan fingerprint density at radius 1 is 1.18 bits per heavy atom.